The number of aliphatic hydroxyl groups is 1. The predicted molar refractivity (Wildman–Crippen MR) is 156 cm³/mol. The second kappa shape index (κ2) is 12.8. The van der Waals surface area contributed by atoms with E-state index in [0.717, 1.165) is 17.5 Å². The Bertz CT molecular complexity index is 1680. The molecule has 14 nitrogen and oxygen atoms in total. The average Bonchev–Trinajstić information content (AvgIpc) is 3.65. The molecule has 1 aliphatic rings. The van der Waals surface area contributed by atoms with Crippen LogP contribution in [0.4, 0.5) is 5.82 Å². The fraction of sp³-hybridized carbons (Fsp3) is 0.429. The molecule has 43 heavy (non-hydrogen) atoms. The van der Waals surface area contributed by atoms with Gasteiger partial charge in [-0.15, -0.1) is 0 Å². The Morgan fingerprint density at radius 2 is 1.88 bits per heavy atom. The second-order valence-electron chi connectivity index (χ2n) is 10.4. The Morgan fingerprint density at radius 3 is 2.56 bits per heavy atom. The highest BCUT2D eigenvalue weighted by molar-refractivity contribution is 7.91. The van der Waals surface area contributed by atoms with Crippen LogP contribution in [0.2, 0.25) is 0 Å². The molecular formula is C28H35N7O7S. The first kappa shape index (κ1) is 30.6. The van der Waals surface area contributed by atoms with E-state index in [0.29, 0.717) is 29.7 Å². The zero-order valence-electron chi connectivity index (χ0n) is 24.0. The summed E-state index contributed by atoms with van der Waals surface area (Å²) in [4.78, 5) is 23.0. The number of carbonyl (C=O) groups excluding carboxylic acids is 1. The molecule has 0 atom stereocenters. The number of nitrogens with zero attached hydrogens (tertiary/aromatic N) is 5. The van der Waals surface area contributed by atoms with Crippen molar-refractivity contribution in [1.29, 1.82) is 0 Å². The van der Waals surface area contributed by atoms with Gasteiger partial charge in [0.25, 0.3) is 5.91 Å². The Hall–Kier alpha value is -3.89. The molecule has 1 saturated carbocycles. The van der Waals surface area contributed by atoms with Gasteiger partial charge in [0.1, 0.15) is 16.3 Å². The molecule has 4 N–H and O–H groups in total. The third-order valence-corrected chi connectivity index (χ3v) is 8.73. The number of anilines is 1. The number of aliphatic hydroxyl groups excluding tert-OH is 1. The zero-order valence-corrected chi connectivity index (χ0v) is 24.8. The number of ether oxygens (including phenoxy) is 2. The number of fused-ring (bicyclic) bond motifs is 1. The number of benzene rings is 1. The molecule has 4 aromatic rings. The van der Waals surface area contributed by atoms with Gasteiger partial charge in [0.05, 0.1) is 50.2 Å². The largest absolute Gasteiger partial charge is 0.394 e. The number of carbonyl (C=O) groups is 1. The van der Waals surface area contributed by atoms with Crippen LogP contribution in [0.3, 0.4) is 0 Å². The molecule has 0 aliphatic heterocycles. The van der Waals surface area contributed by atoms with Crippen molar-refractivity contribution in [2.24, 2.45) is 0 Å². The van der Waals surface area contributed by atoms with Gasteiger partial charge in [0, 0.05) is 36.6 Å². The van der Waals surface area contributed by atoms with Crippen LogP contribution >= 0.6 is 0 Å². The van der Waals surface area contributed by atoms with E-state index in [-0.39, 0.29) is 55.9 Å². The maximum absolute atomic E-state index is 13.1. The highest BCUT2D eigenvalue weighted by atomic mass is 32.2. The van der Waals surface area contributed by atoms with E-state index in [1.165, 1.54) is 11.6 Å². The molecule has 1 aromatic carbocycles. The van der Waals surface area contributed by atoms with Crippen molar-refractivity contribution in [3.05, 3.63) is 54.6 Å². The van der Waals surface area contributed by atoms with Gasteiger partial charge in [-0.3, -0.25) is 9.63 Å². The van der Waals surface area contributed by atoms with Crippen LogP contribution in [0.25, 0.3) is 22.5 Å². The Morgan fingerprint density at radius 1 is 1.14 bits per heavy atom. The van der Waals surface area contributed by atoms with Crippen LogP contribution in [0, 0.1) is 0 Å². The number of nitrogen functional groups attached to an aromatic ring is 1. The third-order valence-electron chi connectivity index (χ3n) is 7.57. The minimum Gasteiger partial charge on any atom is -0.394 e. The first-order valence-corrected chi connectivity index (χ1v) is 15.7. The topological polar surface area (TPSA) is 185 Å². The molecule has 3 heterocycles. The number of aromatic nitrogens is 5. The van der Waals surface area contributed by atoms with Crippen LogP contribution < -0.4 is 11.2 Å². The summed E-state index contributed by atoms with van der Waals surface area (Å²) in [5, 5.41) is 17.8. The molecule has 1 fully saturated rings. The van der Waals surface area contributed by atoms with Gasteiger partial charge >= 0.3 is 0 Å². The summed E-state index contributed by atoms with van der Waals surface area (Å²) in [5.74, 6) is -0.847. The van der Waals surface area contributed by atoms with E-state index in [2.05, 4.69) is 15.7 Å². The number of sulfone groups is 1. The van der Waals surface area contributed by atoms with E-state index in [9.17, 15) is 13.2 Å². The van der Waals surface area contributed by atoms with E-state index < -0.39 is 21.3 Å². The van der Waals surface area contributed by atoms with Crippen molar-refractivity contribution in [3.8, 4) is 16.8 Å². The van der Waals surface area contributed by atoms with Gasteiger partial charge < -0.3 is 20.3 Å². The molecule has 1 aliphatic carbocycles. The summed E-state index contributed by atoms with van der Waals surface area (Å²) in [5.41, 5.74) is 10.6. The quantitative estimate of drug-likeness (QED) is 0.156. The zero-order chi connectivity index (χ0) is 30.6. The summed E-state index contributed by atoms with van der Waals surface area (Å²) in [6.45, 7) is 0.138. The van der Waals surface area contributed by atoms with Crippen molar-refractivity contribution in [2.45, 2.75) is 42.1 Å². The number of nitrogens with two attached hydrogens (primary N) is 1. The smallest absolute Gasteiger partial charge is 0.275 e. The number of rotatable bonds is 12. The fourth-order valence-electron chi connectivity index (χ4n) is 5.43. The normalized spacial score (nSPS) is 19.1. The molecule has 230 valence electrons. The van der Waals surface area contributed by atoms with Gasteiger partial charge in [0.15, 0.2) is 15.5 Å². The molecule has 0 unspecified atom stereocenters. The summed E-state index contributed by atoms with van der Waals surface area (Å²) < 4.78 is 40.3. The first-order chi connectivity index (χ1) is 20.7. The lowest BCUT2D eigenvalue weighted by molar-refractivity contribution is -0.167. The number of methoxy groups -OCH3 is 1. The van der Waals surface area contributed by atoms with Gasteiger partial charge in [-0.1, -0.05) is 18.2 Å². The standard InChI is InChI=1S/C28H35N7O7S/c1-40-14-15-41-28(27(37)33-42-13-12-36)10-8-19(9-11-28)23-24(43(2,38)39)25(29)35-26(32-23)22(17-31-35)20-16-30-34(18-20)21-6-4-3-5-7-21/h3-7,16-19,36H,8-15,29H2,1-2H3,(H,33,37)/t19-,28-. The van der Waals surface area contributed by atoms with Crippen molar-refractivity contribution in [1.82, 2.24) is 29.9 Å². The molecular weight excluding hydrogens is 578 g/mol. The summed E-state index contributed by atoms with van der Waals surface area (Å²) >= 11 is 0. The van der Waals surface area contributed by atoms with Crippen LogP contribution in [0.15, 0.2) is 53.8 Å². The van der Waals surface area contributed by atoms with E-state index >= 15 is 0 Å². The minimum atomic E-state index is -3.81. The number of nitrogens with one attached hydrogen (secondary N) is 1. The van der Waals surface area contributed by atoms with Crippen LogP contribution in [-0.4, -0.2) is 89.2 Å². The Labute approximate surface area is 248 Å². The fourth-order valence-corrected chi connectivity index (χ4v) is 6.49. The van der Waals surface area contributed by atoms with Crippen molar-refractivity contribution in [3.63, 3.8) is 0 Å². The molecule has 1 amide bonds. The SMILES string of the molecule is COCCO[C@]1(C(=O)NOCCO)CC[C@@H](c2nc3c(-c4cnn(-c5ccccc5)c4)cnn3c(N)c2S(C)(=O)=O)CC1. The molecule has 15 heteroatoms. The van der Waals surface area contributed by atoms with E-state index in [4.69, 9.17) is 30.1 Å². The van der Waals surface area contributed by atoms with Crippen molar-refractivity contribution >= 4 is 27.2 Å². The maximum Gasteiger partial charge on any atom is 0.275 e. The van der Waals surface area contributed by atoms with Crippen LogP contribution in [0.5, 0.6) is 0 Å². The number of amides is 1. The lowest BCUT2D eigenvalue weighted by Crippen LogP contribution is -2.51. The number of hydrogen-bond donors (Lipinski definition) is 3. The van der Waals surface area contributed by atoms with Crippen molar-refractivity contribution < 1.29 is 32.6 Å². The van der Waals surface area contributed by atoms with E-state index in [1.54, 1.807) is 17.1 Å². The molecule has 0 saturated heterocycles. The van der Waals surface area contributed by atoms with Gasteiger partial charge in [-0.25, -0.2) is 23.6 Å². The third kappa shape index (κ3) is 6.26. The number of para-hydroxylation sites is 1. The second-order valence-corrected chi connectivity index (χ2v) is 12.4. The van der Waals surface area contributed by atoms with Crippen LogP contribution in [-0.2, 0) is 28.9 Å². The van der Waals surface area contributed by atoms with E-state index in [1.807, 2.05) is 36.5 Å². The lowest BCUT2D eigenvalue weighted by atomic mass is 9.76. The highest BCUT2D eigenvalue weighted by Crippen LogP contribution is 2.43. The minimum absolute atomic E-state index is 0.0347. The average molecular weight is 614 g/mol. The summed E-state index contributed by atoms with van der Waals surface area (Å²) in [7, 11) is -2.27. The molecule has 0 spiro atoms. The maximum atomic E-state index is 13.1. The van der Waals surface area contributed by atoms with Gasteiger partial charge in [0.2, 0.25) is 0 Å². The molecule has 5 rings (SSSR count). The summed E-state index contributed by atoms with van der Waals surface area (Å²) in [6, 6.07) is 9.62. The highest BCUT2D eigenvalue weighted by Gasteiger charge is 2.45. The Balaban J connectivity index is 1.50. The predicted octanol–water partition coefficient (Wildman–Crippen LogP) is 1.67. The van der Waals surface area contributed by atoms with Gasteiger partial charge in [-0.05, 0) is 37.8 Å². The van der Waals surface area contributed by atoms with Gasteiger partial charge in [-0.2, -0.15) is 14.7 Å². The monoisotopic (exact) mass is 613 g/mol. The molecule has 0 bridgehead atoms. The number of hydrogen-bond acceptors (Lipinski definition) is 11. The summed E-state index contributed by atoms with van der Waals surface area (Å²) in [6.07, 6.45) is 7.53. The Kier molecular flexibility index (Phi) is 9.08. The molecule has 0 radical (unpaired) electrons. The first-order valence-electron chi connectivity index (χ1n) is 13.8. The van der Waals surface area contributed by atoms with Crippen molar-refractivity contribution in [2.75, 3.05) is 45.5 Å². The van der Waals surface area contributed by atoms with Crippen LogP contribution in [0.1, 0.15) is 37.3 Å². The lowest BCUT2D eigenvalue weighted by Gasteiger charge is -2.38. The number of hydroxylamine groups is 1. The molecule has 3 aromatic heterocycles.